The Morgan fingerprint density at radius 3 is 2.28 bits per heavy atom. The molecule has 0 saturated carbocycles. The molecule has 1 aromatic rings. The van der Waals surface area contributed by atoms with E-state index in [1.54, 1.807) is 12.1 Å². The smallest absolute Gasteiger partial charge is 0.224 e. The van der Waals surface area contributed by atoms with Crippen molar-refractivity contribution in [2.75, 3.05) is 5.88 Å². The Morgan fingerprint density at radius 1 is 1.28 bits per heavy atom. The lowest BCUT2D eigenvalue weighted by Crippen LogP contribution is -2.49. The summed E-state index contributed by atoms with van der Waals surface area (Å²) < 4.78 is 12.7. The van der Waals surface area contributed by atoms with Crippen molar-refractivity contribution >= 4 is 17.5 Å². The third kappa shape index (κ3) is 3.98. The molecule has 1 amide bonds. The molecule has 4 heteroatoms. The summed E-state index contributed by atoms with van der Waals surface area (Å²) in [6.45, 7) is 4.01. The lowest BCUT2D eigenvalue weighted by atomic mass is 9.95. The van der Waals surface area contributed by atoms with Crippen molar-refractivity contribution < 1.29 is 9.18 Å². The van der Waals surface area contributed by atoms with Gasteiger partial charge in [-0.2, -0.15) is 0 Å². The predicted molar refractivity (Wildman–Crippen MR) is 72.3 cm³/mol. The van der Waals surface area contributed by atoms with Gasteiger partial charge in [-0.1, -0.05) is 26.0 Å². The minimum atomic E-state index is -0.335. The highest BCUT2D eigenvalue weighted by Gasteiger charge is 2.26. The summed E-state index contributed by atoms with van der Waals surface area (Å²) in [4.78, 5) is 11.9. The van der Waals surface area contributed by atoms with Gasteiger partial charge in [-0.05, 0) is 30.5 Å². The number of hydrogen-bond donors (Lipinski definition) is 1. The number of carbonyl (C=O) groups excluding carboxylic acids is 1. The molecular weight excluding hydrogens is 253 g/mol. The van der Waals surface area contributed by atoms with Gasteiger partial charge in [0, 0.05) is 5.88 Å². The lowest BCUT2D eigenvalue weighted by molar-refractivity contribution is -0.122. The van der Waals surface area contributed by atoms with Crippen molar-refractivity contribution in [2.45, 2.75) is 38.6 Å². The molecule has 1 N–H and O–H groups in total. The minimum Gasteiger partial charge on any atom is -0.349 e. The van der Waals surface area contributed by atoms with Gasteiger partial charge in [-0.15, -0.1) is 11.6 Å². The topological polar surface area (TPSA) is 29.1 Å². The number of benzene rings is 1. The van der Waals surface area contributed by atoms with Gasteiger partial charge >= 0.3 is 0 Å². The largest absolute Gasteiger partial charge is 0.349 e. The molecule has 0 aromatic heterocycles. The molecule has 0 aliphatic rings. The molecule has 0 radical (unpaired) electrons. The van der Waals surface area contributed by atoms with E-state index < -0.39 is 0 Å². The zero-order chi connectivity index (χ0) is 13.6. The van der Waals surface area contributed by atoms with E-state index in [0.717, 1.165) is 18.4 Å². The first kappa shape index (κ1) is 15.0. The number of carbonyl (C=O) groups is 1. The van der Waals surface area contributed by atoms with Gasteiger partial charge < -0.3 is 5.32 Å². The van der Waals surface area contributed by atoms with Crippen LogP contribution < -0.4 is 5.32 Å². The van der Waals surface area contributed by atoms with Crippen LogP contribution in [-0.2, 0) is 11.2 Å². The molecule has 1 rings (SSSR count). The normalized spacial score (nSPS) is 11.3. The van der Waals surface area contributed by atoms with Crippen molar-refractivity contribution in [3.63, 3.8) is 0 Å². The van der Waals surface area contributed by atoms with E-state index in [1.807, 2.05) is 13.8 Å². The molecule has 1 aromatic carbocycles. The second-order valence-corrected chi connectivity index (χ2v) is 4.74. The third-order valence-electron chi connectivity index (χ3n) is 3.29. The molecule has 0 fully saturated rings. The zero-order valence-corrected chi connectivity index (χ0v) is 11.6. The van der Waals surface area contributed by atoms with Crippen LogP contribution in [0.3, 0.4) is 0 Å². The summed E-state index contributed by atoms with van der Waals surface area (Å²) in [5, 5.41) is 2.98. The SMILES string of the molecule is CCC(CC)(CCl)NC(=O)Cc1ccc(F)cc1. The predicted octanol–water partition coefficient (Wildman–Crippen LogP) is 3.28. The summed E-state index contributed by atoms with van der Waals surface area (Å²) in [6, 6.07) is 5.96. The molecule has 18 heavy (non-hydrogen) atoms. The van der Waals surface area contributed by atoms with Crippen LogP contribution in [0.15, 0.2) is 24.3 Å². The molecule has 0 saturated heterocycles. The summed E-state index contributed by atoms with van der Waals surface area (Å²) >= 11 is 5.93. The van der Waals surface area contributed by atoms with E-state index in [9.17, 15) is 9.18 Å². The van der Waals surface area contributed by atoms with Crippen LogP contribution in [0.25, 0.3) is 0 Å². The molecule has 2 nitrogen and oxygen atoms in total. The monoisotopic (exact) mass is 271 g/mol. The molecule has 0 bridgehead atoms. The van der Waals surface area contributed by atoms with Gasteiger partial charge in [0.2, 0.25) is 5.91 Å². The molecule has 0 aliphatic heterocycles. The van der Waals surface area contributed by atoms with Crippen molar-refractivity contribution in [1.82, 2.24) is 5.32 Å². The number of nitrogens with one attached hydrogen (secondary N) is 1. The maximum Gasteiger partial charge on any atom is 0.224 e. The first-order valence-electron chi connectivity index (χ1n) is 6.16. The van der Waals surface area contributed by atoms with E-state index >= 15 is 0 Å². The van der Waals surface area contributed by atoms with Gasteiger partial charge in [0.05, 0.1) is 12.0 Å². The van der Waals surface area contributed by atoms with E-state index in [1.165, 1.54) is 12.1 Å². The maximum absolute atomic E-state index is 12.7. The summed E-state index contributed by atoms with van der Waals surface area (Å²) in [7, 11) is 0. The quantitative estimate of drug-likeness (QED) is 0.791. The van der Waals surface area contributed by atoms with Crippen LogP contribution in [0.1, 0.15) is 32.3 Å². The highest BCUT2D eigenvalue weighted by atomic mass is 35.5. The van der Waals surface area contributed by atoms with Crippen LogP contribution >= 0.6 is 11.6 Å². The van der Waals surface area contributed by atoms with Gasteiger partial charge in [-0.25, -0.2) is 4.39 Å². The first-order chi connectivity index (χ1) is 8.55. The standard InChI is InChI=1S/C14H19ClFNO/c1-3-14(4-2,10-15)17-13(18)9-11-5-7-12(16)8-6-11/h5-8H,3-4,9-10H2,1-2H3,(H,17,18). The summed E-state index contributed by atoms with van der Waals surface area (Å²) in [5.41, 5.74) is 0.461. The number of alkyl halides is 1. The number of halogens is 2. The van der Waals surface area contributed by atoms with Gasteiger partial charge in [0.15, 0.2) is 0 Å². The fourth-order valence-corrected chi connectivity index (χ4v) is 2.22. The Bertz CT molecular complexity index is 379. The molecule has 0 heterocycles. The van der Waals surface area contributed by atoms with E-state index in [4.69, 9.17) is 11.6 Å². The molecular formula is C14H19ClFNO. The Morgan fingerprint density at radius 2 is 1.83 bits per heavy atom. The Hall–Kier alpha value is -1.09. The van der Waals surface area contributed by atoms with Crippen molar-refractivity contribution in [1.29, 1.82) is 0 Å². The Labute approximate surface area is 113 Å². The first-order valence-corrected chi connectivity index (χ1v) is 6.70. The van der Waals surface area contributed by atoms with Crippen LogP contribution in [-0.4, -0.2) is 17.3 Å². The Balaban J connectivity index is 2.63. The van der Waals surface area contributed by atoms with Crippen molar-refractivity contribution in [3.05, 3.63) is 35.6 Å². The number of rotatable bonds is 6. The minimum absolute atomic E-state index is 0.0778. The average molecular weight is 272 g/mol. The van der Waals surface area contributed by atoms with Gasteiger partial charge in [0.25, 0.3) is 0 Å². The second kappa shape index (κ2) is 6.74. The average Bonchev–Trinajstić information content (AvgIpc) is 2.39. The van der Waals surface area contributed by atoms with E-state index in [0.29, 0.717) is 5.88 Å². The highest BCUT2D eigenvalue weighted by Crippen LogP contribution is 2.17. The Kier molecular flexibility index (Phi) is 5.60. The van der Waals surface area contributed by atoms with Crippen LogP contribution in [0, 0.1) is 5.82 Å². The maximum atomic E-state index is 12.7. The van der Waals surface area contributed by atoms with Crippen LogP contribution in [0.4, 0.5) is 4.39 Å². The van der Waals surface area contributed by atoms with Crippen LogP contribution in [0.5, 0.6) is 0 Å². The molecule has 0 spiro atoms. The second-order valence-electron chi connectivity index (χ2n) is 4.47. The van der Waals surface area contributed by atoms with E-state index in [-0.39, 0.29) is 23.7 Å². The number of hydrogen-bond acceptors (Lipinski definition) is 1. The molecule has 100 valence electrons. The number of amides is 1. The van der Waals surface area contributed by atoms with Crippen molar-refractivity contribution in [2.24, 2.45) is 0 Å². The third-order valence-corrected chi connectivity index (χ3v) is 3.80. The zero-order valence-electron chi connectivity index (χ0n) is 10.8. The van der Waals surface area contributed by atoms with Gasteiger partial charge in [-0.3, -0.25) is 4.79 Å². The highest BCUT2D eigenvalue weighted by molar-refractivity contribution is 6.18. The van der Waals surface area contributed by atoms with Crippen molar-refractivity contribution in [3.8, 4) is 0 Å². The molecule has 0 unspecified atom stereocenters. The van der Waals surface area contributed by atoms with Crippen LogP contribution in [0.2, 0.25) is 0 Å². The fourth-order valence-electron chi connectivity index (χ4n) is 1.78. The molecule has 0 atom stereocenters. The lowest BCUT2D eigenvalue weighted by Gasteiger charge is -2.30. The molecule has 0 aliphatic carbocycles. The summed E-state index contributed by atoms with van der Waals surface area (Å²) in [6.07, 6.45) is 1.84. The van der Waals surface area contributed by atoms with E-state index in [2.05, 4.69) is 5.32 Å². The summed E-state index contributed by atoms with van der Waals surface area (Å²) in [5.74, 6) is 0.0251. The fraction of sp³-hybridized carbons (Fsp3) is 0.500. The van der Waals surface area contributed by atoms with Gasteiger partial charge in [0.1, 0.15) is 5.82 Å².